The summed E-state index contributed by atoms with van der Waals surface area (Å²) in [5.41, 5.74) is 2.67. The largest absolute Gasteiger partial charge is 0.388 e. The van der Waals surface area contributed by atoms with Gasteiger partial charge in [0.05, 0.1) is 0 Å². The standard InChI is InChI=1S/C12H19NS/c1-3-4-9-14-10-11-7-5-6-8-12(11)13-2/h5-8,13H,3-4,9-10H2,1-2H3. The molecule has 0 aliphatic rings. The molecule has 0 saturated carbocycles. The van der Waals surface area contributed by atoms with Crippen LogP contribution in [0.25, 0.3) is 0 Å². The highest BCUT2D eigenvalue weighted by Gasteiger charge is 1.98. The first-order valence-corrected chi connectivity index (χ1v) is 6.37. The summed E-state index contributed by atoms with van der Waals surface area (Å²) < 4.78 is 0. The molecule has 1 aromatic carbocycles. The third-order valence-electron chi connectivity index (χ3n) is 2.19. The van der Waals surface area contributed by atoms with Gasteiger partial charge < -0.3 is 5.32 Å². The van der Waals surface area contributed by atoms with Crippen molar-refractivity contribution in [2.24, 2.45) is 0 Å². The molecule has 14 heavy (non-hydrogen) atoms. The van der Waals surface area contributed by atoms with Crippen molar-refractivity contribution in [1.82, 2.24) is 0 Å². The average molecular weight is 209 g/mol. The van der Waals surface area contributed by atoms with Gasteiger partial charge in [0.25, 0.3) is 0 Å². The fourth-order valence-electron chi connectivity index (χ4n) is 1.32. The molecule has 0 aromatic heterocycles. The number of anilines is 1. The molecular formula is C12H19NS. The van der Waals surface area contributed by atoms with E-state index in [1.54, 1.807) is 0 Å². The molecule has 0 saturated heterocycles. The molecule has 1 nitrogen and oxygen atoms in total. The Morgan fingerprint density at radius 1 is 1.29 bits per heavy atom. The molecule has 0 heterocycles. The maximum absolute atomic E-state index is 3.22. The predicted molar refractivity (Wildman–Crippen MR) is 67.1 cm³/mol. The monoisotopic (exact) mass is 209 g/mol. The molecule has 0 amide bonds. The van der Waals surface area contributed by atoms with E-state index in [0.29, 0.717) is 0 Å². The zero-order chi connectivity index (χ0) is 10.2. The maximum Gasteiger partial charge on any atom is 0.0378 e. The first-order valence-electron chi connectivity index (χ1n) is 5.22. The molecule has 1 aromatic rings. The van der Waals surface area contributed by atoms with E-state index in [9.17, 15) is 0 Å². The summed E-state index contributed by atoms with van der Waals surface area (Å²) in [5, 5.41) is 3.22. The zero-order valence-electron chi connectivity index (χ0n) is 9.05. The van der Waals surface area contributed by atoms with Crippen LogP contribution in [-0.4, -0.2) is 12.8 Å². The highest BCUT2D eigenvalue weighted by atomic mass is 32.2. The van der Waals surface area contributed by atoms with Crippen LogP contribution in [-0.2, 0) is 5.75 Å². The minimum atomic E-state index is 1.12. The van der Waals surface area contributed by atoms with Crippen molar-refractivity contribution in [3.63, 3.8) is 0 Å². The minimum Gasteiger partial charge on any atom is -0.388 e. The van der Waals surface area contributed by atoms with E-state index in [0.717, 1.165) is 5.75 Å². The van der Waals surface area contributed by atoms with Crippen LogP contribution in [0.1, 0.15) is 25.3 Å². The number of hydrogen-bond acceptors (Lipinski definition) is 2. The second-order valence-corrected chi connectivity index (χ2v) is 4.42. The Balaban J connectivity index is 2.41. The van der Waals surface area contributed by atoms with Gasteiger partial charge in [-0.25, -0.2) is 0 Å². The fraction of sp³-hybridized carbons (Fsp3) is 0.500. The van der Waals surface area contributed by atoms with Crippen LogP contribution in [0.5, 0.6) is 0 Å². The molecule has 2 heteroatoms. The van der Waals surface area contributed by atoms with Crippen molar-refractivity contribution >= 4 is 17.4 Å². The third-order valence-corrected chi connectivity index (χ3v) is 3.28. The van der Waals surface area contributed by atoms with Crippen LogP contribution < -0.4 is 5.32 Å². The van der Waals surface area contributed by atoms with Crippen molar-refractivity contribution in [3.05, 3.63) is 29.8 Å². The van der Waals surface area contributed by atoms with Gasteiger partial charge in [-0.05, 0) is 23.8 Å². The molecule has 1 rings (SSSR count). The van der Waals surface area contributed by atoms with Gasteiger partial charge in [-0.2, -0.15) is 11.8 Å². The molecule has 0 unspecified atom stereocenters. The molecule has 0 aliphatic carbocycles. The number of hydrogen-bond donors (Lipinski definition) is 1. The summed E-state index contributed by atoms with van der Waals surface area (Å²) in [4.78, 5) is 0. The summed E-state index contributed by atoms with van der Waals surface area (Å²) in [6.45, 7) is 2.24. The third kappa shape index (κ3) is 3.62. The molecular weight excluding hydrogens is 190 g/mol. The molecule has 1 N–H and O–H groups in total. The summed E-state index contributed by atoms with van der Waals surface area (Å²) in [7, 11) is 1.98. The zero-order valence-corrected chi connectivity index (χ0v) is 9.86. The summed E-state index contributed by atoms with van der Waals surface area (Å²) in [6.07, 6.45) is 2.62. The lowest BCUT2D eigenvalue weighted by Gasteiger charge is -2.07. The number of benzene rings is 1. The van der Waals surface area contributed by atoms with Gasteiger partial charge in [-0.1, -0.05) is 31.5 Å². The number of thioether (sulfide) groups is 1. The Hall–Kier alpha value is -0.630. The molecule has 0 bridgehead atoms. The molecule has 0 atom stereocenters. The Kier molecular flexibility index (Phi) is 5.53. The van der Waals surface area contributed by atoms with Crippen molar-refractivity contribution in [1.29, 1.82) is 0 Å². The van der Waals surface area contributed by atoms with E-state index < -0.39 is 0 Å². The normalized spacial score (nSPS) is 10.1. The SMILES string of the molecule is CCCCSCc1ccccc1NC. The van der Waals surface area contributed by atoms with Gasteiger partial charge in [0.15, 0.2) is 0 Å². The van der Waals surface area contributed by atoms with Gasteiger partial charge in [0.1, 0.15) is 0 Å². The van der Waals surface area contributed by atoms with Crippen molar-refractivity contribution in [3.8, 4) is 0 Å². The summed E-state index contributed by atoms with van der Waals surface area (Å²) >= 11 is 2.02. The predicted octanol–water partition coefficient (Wildman–Crippen LogP) is 3.76. The Morgan fingerprint density at radius 2 is 2.07 bits per heavy atom. The van der Waals surface area contributed by atoms with E-state index in [4.69, 9.17) is 0 Å². The van der Waals surface area contributed by atoms with Gasteiger partial charge >= 0.3 is 0 Å². The van der Waals surface area contributed by atoms with E-state index >= 15 is 0 Å². The first kappa shape index (κ1) is 11.4. The number of rotatable bonds is 6. The van der Waals surface area contributed by atoms with Crippen LogP contribution in [0.2, 0.25) is 0 Å². The summed E-state index contributed by atoms with van der Waals surface area (Å²) in [6, 6.07) is 8.52. The topological polar surface area (TPSA) is 12.0 Å². The molecule has 0 fully saturated rings. The number of unbranched alkanes of at least 4 members (excludes halogenated alkanes) is 1. The number of nitrogens with one attached hydrogen (secondary N) is 1. The second-order valence-electron chi connectivity index (χ2n) is 3.31. The molecule has 78 valence electrons. The molecule has 0 spiro atoms. The quantitative estimate of drug-likeness (QED) is 0.716. The molecule has 0 radical (unpaired) electrons. The second kappa shape index (κ2) is 6.77. The molecule has 0 aliphatic heterocycles. The van der Waals surface area contributed by atoms with Crippen LogP contribution in [0, 0.1) is 0 Å². The van der Waals surface area contributed by atoms with E-state index in [1.165, 1.54) is 29.8 Å². The van der Waals surface area contributed by atoms with Crippen molar-refractivity contribution in [2.45, 2.75) is 25.5 Å². The summed E-state index contributed by atoms with van der Waals surface area (Å²) in [5.74, 6) is 2.39. The van der Waals surface area contributed by atoms with Crippen LogP contribution in [0.15, 0.2) is 24.3 Å². The van der Waals surface area contributed by atoms with Crippen molar-refractivity contribution < 1.29 is 0 Å². The van der Waals surface area contributed by atoms with Gasteiger partial charge in [0, 0.05) is 18.5 Å². The van der Waals surface area contributed by atoms with Crippen molar-refractivity contribution in [2.75, 3.05) is 18.1 Å². The van der Waals surface area contributed by atoms with Gasteiger partial charge in [0.2, 0.25) is 0 Å². The Morgan fingerprint density at radius 3 is 2.79 bits per heavy atom. The average Bonchev–Trinajstić information content (AvgIpc) is 2.25. The van der Waals surface area contributed by atoms with Crippen LogP contribution in [0.3, 0.4) is 0 Å². The van der Waals surface area contributed by atoms with Crippen LogP contribution in [0.4, 0.5) is 5.69 Å². The Labute approximate surface area is 91.3 Å². The van der Waals surface area contributed by atoms with E-state index in [2.05, 4.69) is 36.5 Å². The number of para-hydroxylation sites is 1. The fourth-order valence-corrected chi connectivity index (χ4v) is 2.43. The van der Waals surface area contributed by atoms with Crippen LogP contribution >= 0.6 is 11.8 Å². The smallest absolute Gasteiger partial charge is 0.0378 e. The lowest BCUT2D eigenvalue weighted by molar-refractivity contribution is 0.896. The van der Waals surface area contributed by atoms with E-state index in [-0.39, 0.29) is 0 Å². The lowest BCUT2D eigenvalue weighted by atomic mass is 10.2. The lowest BCUT2D eigenvalue weighted by Crippen LogP contribution is -1.93. The first-order chi connectivity index (χ1) is 6.88. The van der Waals surface area contributed by atoms with Gasteiger partial charge in [-0.15, -0.1) is 0 Å². The highest BCUT2D eigenvalue weighted by molar-refractivity contribution is 7.98. The highest BCUT2D eigenvalue weighted by Crippen LogP contribution is 2.20. The minimum absolute atomic E-state index is 1.12. The van der Waals surface area contributed by atoms with Gasteiger partial charge in [-0.3, -0.25) is 0 Å². The Bertz CT molecular complexity index is 260. The van der Waals surface area contributed by atoms with E-state index in [1.807, 2.05) is 18.8 Å². The maximum atomic E-state index is 3.22.